The Morgan fingerprint density at radius 2 is 2.30 bits per heavy atom. The van der Waals surface area contributed by atoms with Crippen LogP contribution < -0.4 is 16.4 Å². The fourth-order valence-electron chi connectivity index (χ4n) is 1.39. The van der Waals surface area contributed by atoms with Crippen molar-refractivity contribution >= 4 is 11.9 Å². The molecule has 0 fully saturated rings. The van der Waals surface area contributed by atoms with Crippen LogP contribution >= 0.6 is 0 Å². The number of ether oxygens (including phenoxy) is 1. The lowest BCUT2D eigenvalue weighted by Gasteiger charge is -2.06. The fraction of sp³-hybridized carbons (Fsp3) is 0.636. The molecule has 0 aliphatic heterocycles. The summed E-state index contributed by atoms with van der Waals surface area (Å²) in [6.07, 6.45) is 2.32. The Morgan fingerprint density at radius 3 is 2.95 bits per heavy atom. The van der Waals surface area contributed by atoms with E-state index in [4.69, 9.17) is 10.5 Å². The molecule has 0 aromatic carbocycles. The van der Waals surface area contributed by atoms with Crippen LogP contribution in [0, 0.1) is 0 Å². The van der Waals surface area contributed by atoms with Crippen molar-refractivity contribution in [1.82, 2.24) is 25.6 Å². The summed E-state index contributed by atoms with van der Waals surface area (Å²) in [7, 11) is 1.52. The molecule has 20 heavy (non-hydrogen) atoms. The molecule has 0 radical (unpaired) electrons. The van der Waals surface area contributed by atoms with Crippen LogP contribution in [0.4, 0.5) is 4.79 Å². The van der Waals surface area contributed by atoms with Gasteiger partial charge in [-0.3, -0.25) is 10.1 Å². The molecule has 0 aliphatic carbocycles. The second kappa shape index (κ2) is 8.23. The number of hydrogen-bond acceptors (Lipinski definition) is 6. The third-order valence-corrected chi connectivity index (χ3v) is 2.53. The zero-order chi connectivity index (χ0) is 15.0. The van der Waals surface area contributed by atoms with E-state index < -0.39 is 11.9 Å². The molecule has 1 rings (SSSR count). The van der Waals surface area contributed by atoms with Crippen LogP contribution in [0.15, 0.2) is 6.20 Å². The maximum absolute atomic E-state index is 11.6. The predicted molar refractivity (Wildman–Crippen MR) is 70.7 cm³/mol. The van der Waals surface area contributed by atoms with Gasteiger partial charge < -0.3 is 15.8 Å². The zero-order valence-corrected chi connectivity index (χ0v) is 11.6. The molecule has 112 valence electrons. The van der Waals surface area contributed by atoms with Gasteiger partial charge in [-0.15, -0.1) is 5.10 Å². The van der Waals surface area contributed by atoms with Gasteiger partial charge in [-0.05, 0) is 6.42 Å². The molecule has 0 bridgehead atoms. The number of amides is 3. The van der Waals surface area contributed by atoms with Crippen molar-refractivity contribution in [3.8, 4) is 0 Å². The number of aromatic nitrogens is 3. The highest BCUT2D eigenvalue weighted by molar-refractivity contribution is 5.94. The van der Waals surface area contributed by atoms with Crippen molar-refractivity contribution in [3.05, 3.63) is 11.9 Å². The quantitative estimate of drug-likeness (QED) is 0.561. The van der Waals surface area contributed by atoms with E-state index in [9.17, 15) is 9.59 Å². The van der Waals surface area contributed by atoms with Gasteiger partial charge in [0.25, 0.3) is 0 Å². The summed E-state index contributed by atoms with van der Waals surface area (Å²) >= 11 is 0. The molecule has 1 unspecified atom stereocenters. The number of methoxy groups -OCH3 is 1. The SMILES string of the molecule is CCC(N)c1cn(CC(=O)NC(=O)NCCOC)nn1. The van der Waals surface area contributed by atoms with Crippen molar-refractivity contribution in [3.63, 3.8) is 0 Å². The Kier molecular flexibility index (Phi) is 6.60. The molecule has 0 spiro atoms. The Balaban J connectivity index is 2.38. The van der Waals surface area contributed by atoms with Gasteiger partial charge in [-0.25, -0.2) is 9.48 Å². The van der Waals surface area contributed by atoms with Crippen LogP contribution in [0.25, 0.3) is 0 Å². The van der Waals surface area contributed by atoms with E-state index in [0.717, 1.165) is 6.42 Å². The van der Waals surface area contributed by atoms with Crippen LogP contribution in [0.1, 0.15) is 25.1 Å². The minimum Gasteiger partial charge on any atom is -0.383 e. The highest BCUT2D eigenvalue weighted by atomic mass is 16.5. The first-order valence-electron chi connectivity index (χ1n) is 6.29. The van der Waals surface area contributed by atoms with E-state index in [-0.39, 0.29) is 12.6 Å². The van der Waals surface area contributed by atoms with Gasteiger partial charge in [0.05, 0.1) is 24.5 Å². The number of nitrogens with two attached hydrogens (primary N) is 1. The van der Waals surface area contributed by atoms with Crippen LogP contribution in [-0.2, 0) is 16.1 Å². The van der Waals surface area contributed by atoms with E-state index in [1.54, 1.807) is 6.20 Å². The van der Waals surface area contributed by atoms with E-state index in [0.29, 0.717) is 18.8 Å². The highest BCUT2D eigenvalue weighted by Gasteiger charge is 2.12. The summed E-state index contributed by atoms with van der Waals surface area (Å²) in [5.41, 5.74) is 6.41. The summed E-state index contributed by atoms with van der Waals surface area (Å²) in [5, 5.41) is 12.3. The molecular weight excluding hydrogens is 264 g/mol. The Morgan fingerprint density at radius 1 is 1.55 bits per heavy atom. The van der Waals surface area contributed by atoms with Gasteiger partial charge in [0.15, 0.2) is 0 Å². The average molecular weight is 284 g/mol. The summed E-state index contributed by atoms with van der Waals surface area (Å²) in [5.74, 6) is -0.485. The lowest BCUT2D eigenvalue weighted by molar-refractivity contribution is -0.120. The Hall–Kier alpha value is -2.00. The van der Waals surface area contributed by atoms with Gasteiger partial charge in [-0.2, -0.15) is 0 Å². The minimum absolute atomic E-state index is 0.0961. The molecule has 1 aromatic rings. The average Bonchev–Trinajstić information content (AvgIpc) is 2.86. The molecule has 4 N–H and O–H groups in total. The maximum Gasteiger partial charge on any atom is 0.321 e. The number of urea groups is 1. The van der Waals surface area contributed by atoms with Crippen LogP contribution in [0.2, 0.25) is 0 Å². The predicted octanol–water partition coefficient (Wildman–Crippen LogP) is -0.840. The number of nitrogens with zero attached hydrogens (tertiary/aromatic N) is 3. The monoisotopic (exact) mass is 284 g/mol. The van der Waals surface area contributed by atoms with E-state index in [1.807, 2.05) is 6.92 Å². The van der Waals surface area contributed by atoms with Gasteiger partial charge in [0, 0.05) is 13.7 Å². The first kappa shape index (κ1) is 16.1. The molecular formula is C11H20N6O3. The number of hydrogen-bond donors (Lipinski definition) is 3. The number of nitrogens with one attached hydrogen (secondary N) is 2. The van der Waals surface area contributed by atoms with Crippen LogP contribution in [0.5, 0.6) is 0 Å². The number of carbonyl (C=O) groups excluding carboxylic acids is 2. The van der Waals surface area contributed by atoms with Crippen molar-refractivity contribution in [2.75, 3.05) is 20.3 Å². The lowest BCUT2D eigenvalue weighted by atomic mass is 10.2. The molecule has 1 aromatic heterocycles. The standard InChI is InChI=1S/C11H20N6O3/c1-3-8(12)9-6-17(16-15-9)7-10(18)14-11(19)13-4-5-20-2/h6,8H,3-5,7,12H2,1-2H3,(H2,13,14,18,19). The van der Waals surface area contributed by atoms with Crippen LogP contribution in [-0.4, -0.2) is 47.2 Å². The summed E-state index contributed by atoms with van der Waals surface area (Å²) in [4.78, 5) is 22.9. The zero-order valence-electron chi connectivity index (χ0n) is 11.6. The fourth-order valence-corrected chi connectivity index (χ4v) is 1.39. The van der Waals surface area contributed by atoms with E-state index >= 15 is 0 Å². The summed E-state index contributed by atoms with van der Waals surface area (Å²) in [6, 6.07) is -0.776. The summed E-state index contributed by atoms with van der Waals surface area (Å²) in [6.45, 7) is 2.54. The molecule has 0 saturated carbocycles. The van der Waals surface area contributed by atoms with Crippen molar-refractivity contribution < 1.29 is 14.3 Å². The second-order valence-electron chi connectivity index (χ2n) is 4.15. The number of rotatable bonds is 7. The minimum atomic E-state index is -0.572. The summed E-state index contributed by atoms with van der Waals surface area (Å²) < 4.78 is 6.10. The van der Waals surface area contributed by atoms with Gasteiger partial charge in [-0.1, -0.05) is 12.1 Å². The van der Waals surface area contributed by atoms with E-state index in [2.05, 4.69) is 20.9 Å². The van der Waals surface area contributed by atoms with Gasteiger partial charge >= 0.3 is 6.03 Å². The van der Waals surface area contributed by atoms with Crippen molar-refractivity contribution in [2.24, 2.45) is 5.73 Å². The maximum atomic E-state index is 11.6. The molecule has 1 heterocycles. The second-order valence-corrected chi connectivity index (χ2v) is 4.15. The molecule has 3 amide bonds. The van der Waals surface area contributed by atoms with E-state index in [1.165, 1.54) is 11.8 Å². The Labute approximate surface area is 116 Å². The first-order valence-corrected chi connectivity index (χ1v) is 6.29. The first-order chi connectivity index (χ1) is 9.56. The van der Waals surface area contributed by atoms with Crippen molar-refractivity contribution in [2.45, 2.75) is 25.9 Å². The Bertz CT molecular complexity index is 447. The lowest BCUT2D eigenvalue weighted by Crippen LogP contribution is -2.42. The van der Waals surface area contributed by atoms with Crippen molar-refractivity contribution in [1.29, 1.82) is 0 Å². The smallest absolute Gasteiger partial charge is 0.321 e. The highest BCUT2D eigenvalue weighted by Crippen LogP contribution is 2.08. The third kappa shape index (κ3) is 5.33. The number of imide groups is 1. The molecule has 0 saturated heterocycles. The van der Waals surface area contributed by atoms with Crippen LogP contribution in [0.3, 0.4) is 0 Å². The third-order valence-electron chi connectivity index (χ3n) is 2.53. The largest absolute Gasteiger partial charge is 0.383 e. The molecule has 0 aliphatic rings. The normalized spacial score (nSPS) is 11.9. The molecule has 9 nitrogen and oxygen atoms in total. The molecule has 9 heteroatoms. The molecule has 1 atom stereocenters. The van der Waals surface area contributed by atoms with Gasteiger partial charge in [0.2, 0.25) is 5.91 Å². The topological polar surface area (TPSA) is 124 Å². The number of carbonyl (C=O) groups is 2. The van der Waals surface area contributed by atoms with Gasteiger partial charge in [0.1, 0.15) is 6.54 Å².